The zero-order chi connectivity index (χ0) is 13.6. The Morgan fingerprint density at radius 3 is 2.29 bits per heavy atom. The lowest BCUT2D eigenvalue weighted by Gasteiger charge is -2.27. The first-order chi connectivity index (χ1) is 7.71. The first-order valence-electron chi connectivity index (χ1n) is 5.87. The smallest absolute Gasteiger partial charge is 0.329 e. The van der Waals surface area contributed by atoms with Gasteiger partial charge in [-0.1, -0.05) is 26.8 Å². The van der Waals surface area contributed by atoms with Gasteiger partial charge in [0, 0.05) is 0 Å². The number of carbonyl (C=O) groups excluding carboxylic acids is 2. The van der Waals surface area contributed by atoms with Crippen molar-refractivity contribution >= 4 is 11.9 Å². The van der Waals surface area contributed by atoms with Gasteiger partial charge in [-0.15, -0.1) is 0 Å². The van der Waals surface area contributed by atoms with E-state index in [1.165, 1.54) is 0 Å². The zero-order valence-electron chi connectivity index (χ0n) is 11.4. The van der Waals surface area contributed by atoms with Crippen LogP contribution in [0.25, 0.3) is 0 Å². The Balaban J connectivity index is 4.74. The van der Waals surface area contributed by atoms with E-state index >= 15 is 0 Å². The van der Waals surface area contributed by atoms with Crippen molar-refractivity contribution in [3.8, 4) is 0 Å². The minimum Gasteiger partial charge on any atom is -0.458 e. The predicted octanol–water partition coefficient (Wildman–Crippen LogP) is 2.04. The molecule has 0 aromatic heterocycles. The fourth-order valence-corrected chi connectivity index (χ4v) is 1.25. The molecule has 0 rings (SSSR count). The third kappa shape index (κ3) is 6.09. The molecule has 0 fully saturated rings. The molecule has 0 aliphatic rings. The van der Waals surface area contributed by atoms with E-state index in [1.54, 1.807) is 20.8 Å². The van der Waals surface area contributed by atoms with E-state index in [0.717, 1.165) is 12.5 Å². The van der Waals surface area contributed by atoms with E-state index in [4.69, 9.17) is 4.74 Å². The molecule has 0 aliphatic heterocycles. The van der Waals surface area contributed by atoms with Crippen LogP contribution < -0.4 is 5.32 Å². The van der Waals surface area contributed by atoms with Crippen LogP contribution in [0.3, 0.4) is 0 Å². The zero-order valence-corrected chi connectivity index (χ0v) is 11.4. The molecular weight excluding hydrogens is 218 g/mol. The first kappa shape index (κ1) is 15.7. The Labute approximate surface area is 103 Å². The summed E-state index contributed by atoms with van der Waals surface area (Å²) in [6.07, 6.45) is 1.93. The van der Waals surface area contributed by atoms with Crippen molar-refractivity contribution in [1.82, 2.24) is 5.32 Å². The Kier molecular flexibility index (Phi) is 5.93. The topological polar surface area (TPSA) is 55.4 Å². The number of esters is 1. The molecule has 4 nitrogen and oxygen atoms in total. The lowest BCUT2D eigenvalue weighted by Crippen LogP contribution is -2.47. The molecule has 0 saturated carbocycles. The van der Waals surface area contributed by atoms with E-state index in [-0.39, 0.29) is 11.8 Å². The summed E-state index contributed by atoms with van der Waals surface area (Å²) < 4.78 is 5.28. The molecule has 2 atom stereocenters. The Hall–Kier alpha value is -1.32. The van der Waals surface area contributed by atoms with Gasteiger partial charge in [0.05, 0.1) is 0 Å². The van der Waals surface area contributed by atoms with Gasteiger partial charge in [0.25, 0.3) is 0 Å². The van der Waals surface area contributed by atoms with Crippen molar-refractivity contribution < 1.29 is 14.3 Å². The molecular formula is C13H23NO3. The largest absolute Gasteiger partial charge is 0.458 e. The highest BCUT2D eigenvalue weighted by Gasteiger charge is 2.29. The van der Waals surface area contributed by atoms with Crippen molar-refractivity contribution in [3.63, 3.8) is 0 Å². The summed E-state index contributed by atoms with van der Waals surface area (Å²) in [6.45, 7) is 12.6. The second-order valence-corrected chi connectivity index (χ2v) is 5.11. The number of ether oxygens (including phenoxy) is 1. The van der Waals surface area contributed by atoms with Crippen molar-refractivity contribution in [2.24, 2.45) is 5.92 Å². The van der Waals surface area contributed by atoms with E-state index in [1.807, 2.05) is 13.8 Å². The summed E-state index contributed by atoms with van der Waals surface area (Å²) in [5.74, 6) is -0.739. The van der Waals surface area contributed by atoms with Crippen LogP contribution in [0.4, 0.5) is 0 Å². The van der Waals surface area contributed by atoms with Gasteiger partial charge in [-0.3, -0.25) is 4.79 Å². The number of hydrogen-bond donors (Lipinski definition) is 1. The van der Waals surface area contributed by atoms with Gasteiger partial charge in [0.1, 0.15) is 11.6 Å². The van der Waals surface area contributed by atoms with E-state index < -0.39 is 17.6 Å². The van der Waals surface area contributed by atoms with Crippen molar-refractivity contribution in [2.45, 2.75) is 52.7 Å². The standard InChI is InChI=1S/C13H23NO3/c1-7-9(3)11(14-10(15)8-2)12(16)17-13(4,5)6/h8-9,11H,2,7H2,1,3-6H3,(H,14,15)/t9-,11-/m0/s1. The molecule has 0 heterocycles. The van der Waals surface area contributed by atoms with Crippen LogP contribution in [0.15, 0.2) is 12.7 Å². The number of nitrogens with one attached hydrogen (secondary N) is 1. The van der Waals surface area contributed by atoms with E-state index in [0.29, 0.717) is 0 Å². The molecule has 1 amide bonds. The quantitative estimate of drug-likeness (QED) is 0.592. The summed E-state index contributed by atoms with van der Waals surface area (Å²) >= 11 is 0. The second kappa shape index (κ2) is 6.42. The van der Waals surface area contributed by atoms with Crippen LogP contribution >= 0.6 is 0 Å². The van der Waals surface area contributed by atoms with Crippen LogP contribution in [-0.2, 0) is 14.3 Å². The molecule has 0 aromatic carbocycles. The van der Waals surface area contributed by atoms with Gasteiger partial charge in [0.15, 0.2) is 0 Å². The van der Waals surface area contributed by atoms with Crippen molar-refractivity contribution in [2.75, 3.05) is 0 Å². The maximum atomic E-state index is 11.9. The molecule has 0 spiro atoms. The number of hydrogen-bond acceptors (Lipinski definition) is 3. The van der Waals surface area contributed by atoms with Gasteiger partial charge in [-0.05, 0) is 32.8 Å². The third-order valence-corrected chi connectivity index (χ3v) is 2.36. The fourth-order valence-electron chi connectivity index (χ4n) is 1.25. The third-order valence-electron chi connectivity index (χ3n) is 2.36. The SMILES string of the molecule is C=CC(=O)N[C@H](C(=O)OC(C)(C)C)[C@@H](C)CC. The highest BCUT2D eigenvalue weighted by atomic mass is 16.6. The summed E-state index contributed by atoms with van der Waals surface area (Å²) in [6, 6.07) is -0.621. The average Bonchev–Trinajstić information content (AvgIpc) is 2.21. The molecule has 0 unspecified atom stereocenters. The average molecular weight is 241 g/mol. The minimum absolute atomic E-state index is 0.0220. The second-order valence-electron chi connectivity index (χ2n) is 5.11. The summed E-state index contributed by atoms with van der Waals surface area (Å²) in [4.78, 5) is 23.2. The van der Waals surface area contributed by atoms with Gasteiger partial charge in [-0.25, -0.2) is 4.79 Å². The Morgan fingerprint density at radius 1 is 1.41 bits per heavy atom. The molecule has 1 N–H and O–H groups in total. The maximum absolute atomic E-state index is 11.9. The summed E-state index contributed by atoms with van der Waals surface area (Å²) in [7, 11) is 0. The van der Waals surface area contributed by atoms with Gasteiger partial charge >= 0.3 is 5.97 Å². The lowest BCUT2D eigenvalue weighted by molar-refractivity contribution is -0.159. The first-order valence-corrected chi connectivity index (χ1v) is 5.87. The number of amides is 1. The summed E-state index contributed by atoms with van der Waals surface area (Å²) in [5, 5.41) is 2.61. The van der Waals surface area contributed by atoms with Gasteiger partial charge in [0.2, 0.25) is 5.91 Å². The van der Waals surface area contributed by atoms with Gasteiger partial charge < -0.3 is 10.1 Å². The van der Waals surface area contributed by atoms with Crippen LogP contribution in [0.2, 0.25) is 0 Å². The number of rotatable bonds is 5. The Morgan fingerprint density at radius 2 is 1.94 bits per heavy atom. The van der Waals surface area contributed by atoms with Gasteiger partial charge in [-0.2, -0.15) is 0 Å². The minimum atomic E-state index is -0.621. The molecule has 0 saturated heterocycles. The predicted molar refractivity (Wildman–Crippen MR) is 67.4 cm³/mol. The molecule has 17 heavy (non-hydrogen) atoms. The monoisotopic (exact) mass is 241 g/mol. The molecule has 0 aliphatic carbocycles. The summed E-state index contributed by atoms with van der Waals surface area (Å²) in [5.41, 5.74) is -0.554. The normalized spacial score (nSPS) is 14.6. The Bertz CT molecular complexity index is 292. The van der Waals surface area contributed by atoms with E-state index in [2.05, 4.69) is 11.9 Å². The molecule has 0 aromatic rings. The van der Waals surface area contributed by atoms with Crippen molar-refractivity contribution in [1.29, 1.82) is 0 Å². The fraction of sp³-hybridized carbons (Fsp3) is 0.692. The molecule has 0 bridgehead atoms. The van der Waals surface area contributed by atoms with Crippen LogP contribution in [0.1, 0.15) is 41.0 Å². The molecule has 98 valence electrons. The van der Waals surface area contributed by atoms with Crippen molar-refractivity contribution in [3.05, 3.63) is 12.7 Å². The maximum Gasteiger partial charge on any atom is 0.329 e. The van der Waals surface area contributed by atoms with Crippen LogP contribution in [0.5, 0.6) is 0 Å². The molecule has 0 radical (unpaired) electrons. The highest BCUT2D eigenvalue weighted by Crippen LogP contribution is 2.14. The number of carbonyl (C=O) groups is 2. The van der Waals surface area contributed by atoms with Crippen LogP contribution in [-0.4, -0.2) is 23.5 Å². The van der Waals surface area contributed by atoms with Crippen LogP contribution in [0, 0.1) is 5.92 Å². The molecule has 4 heteroatoms. The van der Waals surface area contributed by atoms with E-state index in [9.17, 15) is 9.59 Å². The lowest BCUT2D eigenvalue weighted by atomic mass is 9.99. The highest BCUT2D eigenvalue weighted by molar-refractivity contribution is 5.91.